The minimum atomic E-state index is -2.30. The van der Waals surface area contributed by atoms with Crippen molar-refractivity contribution in [1.82, 2.24) is 10.2 Å². The summed E-state index contributed by atoms with van der Waals surface area (Å²) in [4.78, 5) is 14.8. The Labute approximate surface area is 148 Å². The van der Waals surface area contributed by atoms with Crippen molar-refractivity contribution in [2.45, 2.75) is 6.04 Å². The summed E-state index contributed by atoms with van der Waals surface area (Å²) < 4.78 is 23.3. The number of allylic oxidation sites excluding steroid dienone is 3. The lowest BCUT2D eigenvalue weighted by Crippen LogP contribution is -2.52. The lowest BCUT2D eigenvalue weighted by atomic mass is 9.95. The van der Waals surface area contributed by atoms with Gasteiger partial charge < -0.3 is 5.32 Å². The number of hydrogen-bond acceptors (Lipinski definition) is 5. The van der Waals surface area contributed by atoms with Gasteiger partial charge >= 0.3 is 0 Å². The predicted molar refractivity (Wildman–Crippen MR) is 99.3 cm³/mol. The van der Waals surface area contributed by atoms with Crippen LogP contribution < -0.4 is 5.32 Å². The second-order valence-electron chi connectivity index (χ2n) is 5.91. The molecule has 0 spiro atoms. The minimum absolute atomic E-state index is 0.0973. The Hall–Kier alpha value is -2.28. The Morgan fingerprint density at radius 1 is 1.16 bits per heavy atom. The molecule has 25 heavy (non-hydrogen) atoms. The normalized spacial score (nSPS) is 21.4. The molecule has 0 amide bonds. The topological polar surface area (TPSA) is 66.5 Å². The zero-order chi connectivity index (χ0) is 17.6. The van der Waals surface area contributed by atoms with Crippen LogP contribution in [0.3, 0.4) is 0 Å². The van der Waals surface area contributed by atoms with Gasteiger partial charge in [-0.25, -0.2) is 0 Å². The molecule has 1 aromatic carbocycles. The summed E-state index contributed by atoms with van der Waals surface area (Å²) in [5.41, 5.74) is 1.42. The zero-order valence-corrected chi connectivity index (χ0v) is 14.6. The van der Waals surface area contributed by atoms with Crippen molar-refractivity contribution >= 4 is 20.9 Å². The molecule has 1 fully saturated rings. The van der Waals surface area contributed by atoms with Crippen LogP contribution in [0.25, 0.3) is 0 Å². The van der Waals surface area contributed by atoms with E-state index in [1.165, 1.54) is 6.08 Å². The van der Waals surface area contributed by atoms with Crippen LogP contribution in [-0.2, 0) is 10.3 Å². The van der Waals surface area contributed by atoms with Crippen molar-refractivity contribution in [2.24, 2.45) is 0 Å². The molecule has 5 nitrogen and oxygen atoms in total. The average Bonchev–Trinajstić information content (AvgIpc) is 2.67. The van der Waals surface area contributed by atoms with Gasteiger partial charge in [0.1, 0.15) is 0 Å². The highest BCUT2D eigenvalue weighted by Crippen LogP contribution is 2.20. The number of carbonyl (C=O) groups excluding carboxylic acids is 1. The third kappa shape index (κ3) is 4.22. The first-order valence-electron chi connectivity index (χ1n) is 8.23. The van der Waals surface area contributed by atoms with Crippen LogP contribution in [0.1, 0.15) is 10.4 Å². The summed E-state index contributed by atoms with van der Waals surface area (Å²) in [6.07, 6.45) is 8.47. The van der Waals surface area contributed by atoms with E-state index in [4.69, 9.17) is 0 Å². The van der Waals surface area contributed by atoms with Crippen LogP contribution in [0.2, 0.25) is 0 Å². The first-order chi connectivity index (χ1) is 12.2. The molecule has 1 aromatic rings. The molecule has 130 valence electrons. The maximum absolute atomic E-state index is 12.3. The summed E-state index contributed by atoms with van der Waals surface area (Å²) >= 11 is 0. The summed E-state index contributed by atoms with van der Waals surface area (Å²) in [6, 6.07) is 8.68. The fourth-order valence-corrected chi connectivity index (χ4v) is 3.75. The second kappa shape index (κ2) is 8.20. The van der Waals surface area contributed by atoms with Gasteiger partial charge in [-0.15, -0.1) is 0 Å². The van der Waals surface area contributed by atoms with Crippen LogP contribution in [0.15, 0.2) is 66.3 Å². The maximum Gasteiger partial charge on any atom is 0.219 e. The number of carbonyl (C=O) groups is 1. The fraction of sp³-hybridized carbons (Fsp3) is 0.263. The molecular weight excluding hydrogens is 336 g/mol. The van der Waals surface area contributed by atoms with Crippen LogP contribution in [0.4, 0.5) is 0 Å². The van der Waals surface area contributed by atoms with Gasteiger partial charge in [0, 0.05) is 31.7 Å². The molecule has 0 bridgehead atoms. The Morgan fingerprint density at radius 3 is 2.56 bits per heavy atom. The van der Waals surface area contributed by atoms with E-state index in [-0.39, 0.29) is 11.8 Å². The number of rotatable bonds is 4. The molecule has 2 aliphatic rings. The molecular formula is C19H20N2O3S. The molecule has 1 atom stereocenters. The van der Waals surface area contributed by atoms with Crippen LogP contribution in [-0.4, -0.2) is 56.2 Å². The Bertz CT molecular complexity index is 853. The third-order valence-electron chi connectivity index (χ3n) is 4.33. The van der Waals surface area contributed by atoms with Gasteiger partial charge in [-0.1, -0.05) is 48.6 Å². The minimum Gasteiger partial charge on any atom is -0.314 e. The molecule has 0 aromatic heterocycles. The summed E-state index contributed by atoms with van der Waals surface area (Å²) in [6.45, 7) is 3.16. The molecule has 0 saturated carbocycles. The van der Waals surface area contributed by atoms with E-state index in [0.717, 1.165) is 31.8 Å². The zero-order valence-electron chi connectivity index (χ0n) is 13.8. The number of piperazine rings is 1. The van der Waals surface area contributed by atoms with E-state index >= 15 is 0 Å². The van der Waals surface area contributed by atoms with E-state index < -0.39 is 10.3 Å². The molecule has 1 N–H and O–H groups in total. The first kappa shape index (κ1) is 17.5. The molecule has 1 saturated heterocycles. The summed E-state index contributed by atoms with van der Waals surface area (Å²) in [5.74, 6) is -0.0973. The van der Waals surface area contributed by atoms with Gasteiger partial charge in [-0.2, -0.15) is 8.42 Å². The number of hydrogen-bond donors (Lipinski definition) is 1. The largest absolute Gasteiger partial charge is 0.314 e. The Balaban J connectivity index is 1.88. The molecule has 1 aliphatic carbocycles. The average molecular weight is 356 g/mol. The van der Waals surface area contributed by atoms with Crippen LogP contribution in [0.5, 0.6) is 0 Å². The quantitative estimate of drug-likeness (QED) is 0.500. The summed E-state index contributed by atoms with van der Waals surface area (Å²) in [5, 5.41) is 3.27. The van der Waals surface area contributed by atoms with E-state index in [0.29, 0.717) is 10.4 Å². The number of nitrogens with one attached hydrogen (secondary N) is 1. The van der Waals surface area contributed by atoms with Gasteiger partial charge in [0.15, 0.2) is 5.78 Å². The monoisotopic (exact) mass is 356 g/mol. The van der Waals surface area contributed by atoms with Gasteiger partial charge in [-0.3, -0.25) is 9.69 Å². The molecule has 1 aliphatic heterocycles. The van der Waals surface area contributed by atoms with E-state index in [9.17, 15) is 13.2 Å². The van der Waals surface area contributed by atoms with E-state index in [1.54, 1.807) is 30.4 Å². The van der Waals surface area contributed by atoms with E-state index in [1.807, 2.05) is 24.3 Å². The highest BCUT2D eigenvalue weighted by Gasteiger charge is 2.28. The smallest absolute Gasteiger partial charge is 0.219 e. The van der Waals surface area contributed by atoms with Crippen molar-refractivity contribution in [1.29, 1.82) is 0 Å². The SMILES string of the molecule is O=C(C=CC1=CC=CC(=S(=O)=O)C1N1CCNCC1)c1ccccc1. The van der Waals surface area contributed by atoms with Gasteiger partial charge in [-0.05, 0) is 17.7 Å². The van der Waals surface area contributed by atoms with Crippen molar-refractivity contribution in [3.8, 4) is 0 Å². The van der Waals surface area contributed by atoms with Gasteiger partial charge in [0.05, 0.1) is 10.9 Å². The maximum atomic E-state index is 12.3. The molecule has 1 unspecified atom stereocenters. The molecule has 1 heterocycles. The lowest BCUT2D eigenvalue weighted by Gasteiger charge is -2.36. The third-order valence-corrected chi connectivity index (χ3v) is 5.07. The number of ketones is 1. The highest BCUT2D eigenvalue weighted by molar-refractivity contribution is 7.73. The van der Waals surface area contributed by atoms with Crippen molar-refractivity contribution in [3.63, 3.8) is 0 Å². The number of nitrogens with zero attached hydrogens (tertiary/aromatic N) is 1. The Kier molecular flexibility index (Phi) is 5.75. The molecule has 6 heteroatoms. The second-order valence-corrected chi connectivity index (χ2v) is 6.86. The number of benzene rings is 1. The summed E-state index contributed by atoms with van der Waals surface area (Å²) in [7, 11) is -2.30. The predicted octanol–water partition coefficient (Wildman–Crippen LogP) is 1.25. The molecule has 0 radical (unpaired) electrons. The van der Waals surface area contributed by atoms with Gasteiger partial charge in [0.2, 0.25) is 10.3 Å². The fourth-order valence-electron chi connectivity index (χ4n) is 3.10. The standard InChI is InChI=1S/C19H20N2O3S/c22-17(15-5-2-1-3-6-15)10-9-16-7-4-8-18(25(23)24)19(16)21-13-11-20-12-14-21/h1-10,19-20H,11-14H2. The van der Waals surface area contributed by atoms with Crippen LogP contribution >= 0.6 is 0 Å². The molecule has 3 rings (SSSR count). The van der Waals surface area contributed by atoms with Gasteiger partial charge in [0.25, 0.3) is 0 Å². The van der Waals surface area contributed by atoms with Crippen molar-refractivity contribution in [3.05, 3.63) is 71.8 Å². The first-order valence-corrected chi connectivity index (χ1v) is 9.31. The van der Waals surface area contributed by atoms with Crippen LogP contribution in [0, 0.1) is 0 Å². The van der Waals surface area contributed by atoms with Crippen molar-refractivity contribution < 1.29 is 13.2 Å². The highest BCUT2D eigenvalue weighted by atomic mass is 32.2. The van der Waals surface area contributed by atoms with Crippen molar-refractivity contribution in [2.75, 3.05) is 26.2 Å². The Morgan fingerprint density at radius 2 is 1.88 bits per heavy atom. The lowest BCUT2D eigenvalue weighted by molar-refractivity contribution is 0.104. The van der Waals surface area contributed by atoms with E-state index in [2.05, 4.69) is 10.2 Å².